The van der Waals surface area contributed by atoms with Crippen LogP contribution in [0.3, 0.4) is 0 Å². The summed E-state index contributed by atoms with van der Waals surface area (Å²) in [5.74, 6) is -0.379. The number of aryl methyl sites for hydroxylation is 1. The SMILES string of the molecule is CCc1ccc([C@H](C)NC(=O)[C@@H](CC)N(c2ccc(Cl)c(Cl)c2)S(C)(=O)=O)cc1. The fourth-order valence-electron chi connectivity index (χ4n) is 3.12. The zero-order valence-corrected chi connectivity index (χ0v) is 19.3. The predicted octanol–water partition coefficient (Wildman–Crippen LogP) is 4.98. The quantitative estimate of drug-likeness (QED) is 0.608. The Morgan fingerprint density at radius 1 is 1.07 bits per heavy atom. The Balaban J connectivity index is 2.30. The first-order valence-electron chi connectivity index (χ1n) is 9.42. The average Bonchev–Trinajstić information content (AvgIpc) is 2.67. The average molecular weight is 457 g/mol. The number of nitrogens with one attached hydrogen (secondary N) is 1. The number of carbonyl (C=O) groups is 1. The molecule has 0 heterocycles. The standard InChI is InChI=1S/C21H26Cl2N2O3S/c1-5-15-7-9-16(10-8-15)14(3)24-21(26)20(6-2)25(29(4,27)28)17-11-12-18(22)19(23)13-17/h7-14,20H,5-6H2,1-4H3,(H,24,26)/t14-,20+/m0/s1. The molecule has 8 heteroatoms. The van der Waals surface area contributed by atoms with Crippen molar-refractivity contribution in [1.29, 1.82) is 0 Å². The summed E-state index contributed by atoms with van der Waals surface area (Å²) < 4.78 is 26.2. The van der Waals surface area contributed by atoms with Crippen LogP contribution in [0.1, 0.15) is 44.4 Å². The van der Waals surface area contributed by atoms with Gasteiger partial charge in [0.15, 0.2) is 0 Å². The Kier molecular flexibility index (Phi) is 7.97. The number of benzene rings is 2. The van der Waals surface area contributed by atoms with Crippen molar-refractivity contribution in [2.45, 2.75) is 45.7 Å². The molecule has 0 saturated heterocycles. The molecule has 0 unspecified atom stereocenters. The number of hydrogen-bond donors (Lipinski definition) is 1. The van der Waals surface area contributed by atoms with E-state index in [0.717, 1.165) is 22.5 Å². The molecule has 2 rings (SSSR count). The van der Waals surface area contributed by atoms with Crippen molar-refractivity contribution in [3.63, 3.8) is 0 Å². The maximum Gasteiger partial charge on any atom is 0.244 e. The summed E-state index contributed by atoms with van der Waals surface area (Å²) in [6, 6.07) is 11.3. The van der Waals surface area contributed by atoms with Gasteiger partial charge in [0, 0.05) is 0 Å². The number of halogens is 2. The molecule has 0 aromatic heterocycles. The highest BCUT2D eigenvalue weighted by molar-refractivity contribution is 7.92. The van der Waals surface area contributed by atoms with Gasteiger partial charge in [0.25, 0.3) is 0 Å². The minimum Gasteiger partial charge on any atom is -0.348 e. The molecule has 5 nitrogen and oxygen atoms in total. The minimum atomic E-state index is -3.74. The molecule has 2 aromatic rings. The second-order valence-corrected chi connectivity index (χ2v) is 9.58. The Morgan fingerprint density at radius 3 is 2.17 bits per heavy atom. The van der Waals surface area contributed by atoms with Gasteiger partial charge in [-0.2, -0.15) is 0 Å². The van der Waals surface area contributed by atoms with Crippen LogP contribution in [0.5, 0.6) is 0 Å². The predicted molar refractivity (Wildman–Crippen MR) is 120 cm³/mol. The third kappa shape index (κ3) is 5.87. The third-order valence-electron chi connectivity index (χ3n) is 4.73. The molecule has 0 spiro atoms. The largest absolute Gasteiger partial charge is 0.348 e. The Labute approximate surface area is 183 Å². The first kappa shape index (κ1) is 23.5. The fourth-order valence-corrected chi connectivity index (χ4v) is 4.61. The third-order valence-corrected chi connectivity index (χ3v) is 6.65. The molecule has 0 radical (unpaired) electrons. The lowest BCUT2D eigenvalue weighted by Crippen LogP contribution is -2.49. The number of rotatable bonds is 8. The molecule has 0 aliphatic heterocycles. The molecule has 0 saturated carbocycles. The van der Waals surface area contributed by atoms with Gasteiger partial charge >= 0.3 is 0 Å². The zero-order valence-electron chi connectivity index (χ0n) is 16.9. The van der Waals surface area contributed by atoms with Gasteiger partial charge in [0.2, 0.25) is 15.9 Å². The van der Waals surface area contributed by atoms with E-state index in [0.29, 0.717) is 17.1 Å². The molecule has 158 valence electrons. The lowest BCUT2D eigenvalue weighted by Gasteiger charge is -2.31. The molecule has 0 aliphatic carbocycles. The van der Waals surface area contributed by atoms with E-state index in [1.165, 1.54) is 23.8 Å². The van der Waals surface area contributed by atoms with Crippen LogP contribution >= 0.6 is 23.2 Å². The van der Waals surface area contributed by atoms with Crippen LogP contribution in [0.15, 0.2) is 42.5 Å². The fraction of sp³-hybridized carbons (Fsp3) is 0.381. The lowest BCUT2D eigenvalue weighted by atomic mass is 10.0. The summed E-state index contributed by atoms with van der Waals surface area (Å²) in [4.78, 5) is 13.0. The molecule has 29 heavy (non-hydrogen) atoms. The van der Waals surface area contributed by atoms with Gasteiger partial charge < -0.3 is 5.32 Å². The van der Waals surface area contributed by atoms with Crippen LogP contribution < -0.4 is 9.62 Å². The highest BCUT2D eigenvalue weighted by Crippen LogP contribution is 2.30. The first-order valence-corrected chi connectivity index (χ1v) is 12.0. The molecule has 2 atom stereocenters. The van der Waals surface area contributed by atoms with Gasteiger partial charge in [0.1, 0.15) is 6.04 Å². The highest BCUT2D eigenvalue weighted by Gasteiger charge is 2.32. The number of anilines is 1. The van der Waals surface area contributed by atoms with Crippen LogP contribution in [0, 0.1) is 0 Å². The van der Waals surface area contributed by atoms with Crippen molar-refractivity contribution in [2.75, 3.05) is 10.6 Å². The van der Waals surface area contributed by atoms with E-state index in [1.54, 1.807) is 6.92 Å². The van der Waals surface area contributed by atoms with E-state index >= 15 is 0 Å². The first-order chi connectivity index (χ1) is 13.6. The normalized spacial score (nSPS) is 13.6. The van der Waals surface area contributed by atoms with Gasteiger partial charge in [0.05, 0.1) is 28.0 Å². The van der Waals surface area contributed by atoms with Crippen LogP contribution in [-0.2, 0) is 21.2 Å². The van der Waals surface area contributed by atoms with Gasteiger partial charge in [-0.25, -0.2) is 8.42 Å². The van der Waals surface area contributed by atoms with Gasteiger partial charge in [-0.05, 0) is 49.1 Å². The van der Waals surface area contributed by atoms with Crippen molar-refractivity contribution in [2.24, 2.45) is 0 Å². The topological polar surface area (TPSA) is 66.5 Å². The smallest absolute Gasteiger partial charge is 0.244 e. The molecule has 1 N–H and O–H groups in total. The van der Waals surface area contributed by atoms with E-state index < -0.39 is 16.1 Å². The minimum absolute atomic E-state index is 0.220. The molecule has 0 bridgehead atoms. The summed E-state index contributed by atoms with van der Waals surface area (Å²) in [6.07, 6.45) is 2.30. The van der Waals surface area contributed by atoms with Crippen molar-refractivity contribution < 1.29 is 13.2 Å². The lowest BCUT2D eigenvalue weighted by molar-refractivity contribution is -0.122. The number of carbonyl (C=O) groups excluding carboxylic acids is 1. The van der Waals surface area contributed by atoms with Gasteiger partial charge in [-0.3, -0.25) is 9.10 Å². The second-order valence-electron chi connectivity index (χ2n) is 6.91. The number of nitrogens with zero attached hydrogens (tertiary/aromatic N) is 1. The van der Waals surface area contributed by atoms with Crippen LogP contribution in [0.25, 0.3) is 0 Å². The van der Waals surface area contributed by atoms with E-state index in [-0.39, 0.29) is 17.0 Å². The molecular weight excluding hydrogens is 431 g/mol. The van der Waals surface area contributed by atoms with Crippen molar-refractivity contribution in [1.82, 2.24) is 5.32 Å². The van der Waals surface area contributed by atoms with E-state index in [2.05, 4.69) is 12.2 Å². The monoisotopic (exact) mass is 456 g/mol. The number of amides is 1. The Bertz CT molecular complexity index is 962. The van der Waals surface area contributed by atoms with Gasteiger partial charge in [-0.15, -0.1) is 0 Å². The number of sulfonamides is 1. The summed E-state index contributed by atoms with van der Waals surface area (Å²) in [5, 5.41) is 3.46. The van der Waals surface area contributed by atoms with Crippen LogP contribution in [0.2, 0.25) is 10.0 Å². The van der Waals surface area contributed by atoms with Crippen LogP contribution in [-0.4, -0.2) is 26.6 Å². The van der Waals surface area contributed by atoms with Crippen molar-refractivity contribution in [3.8, 4) is 0 Å². The molecular formula is C21H26Cl2N2O3S. The zero-order chi connectivity index (χ0) is 21.8. The van der Waals surface area contributed by atoms with E-state index in [9.17, 15) is 13.2 Å². The number of hydrogen-bond acceptors (Lipinski definition) is 3. The summed E-state index contributed by atoms with van der Waals surface area (Å²) in [6.45, 7) is 5.71. The maximum atomic E-state index is 13.0. The second kappa shape index (κ2) is 9.83. The summed E-state index contributed by atoms with van der Waals surface area (Å²) in [5.41, 5.74) is 2.45. The molecule has 2 aromatic carbocycles. The van der Waals surface area contributed by atoms with Gasteiger partial charge in [-0.1, -0.05) is 61.3 Å². The Hall–Kier alpha value is -1.76. The van der Waals surface area contributed by atoms with Crippen molar-refractivity contribution in [3.05, 3.63) is 63.6 Å². The summed E-state index contributed by atoms with van der Waals surface area (Å²) >= 11 is 12.0. The van der Waals surface area contributed by atoms with Crippen LogP contribution in [0.4, 0.5) is 5.69 Å². The summed E-state index contributed by atoms with van der Waals surface area (Å²) in [7, 11) is -3.74. The molecule has 1 amide bonds. The maximum absolute atomic E-state index is 13.0. The van der Waals surface area contributed by atoms with E-state index in [4.69, 9.17) is 23.2 Å². The van der Waals surface area contributed by atoms with E-state index in [1.807, 2.05) is 31.2 Å². The molecule has 0 fully saturated rings. The Morgan fingerprint density at radius 2 is 1.69 bits per heavy atom. The molecule has 0 aliphatic rings. The van der Waals surface area contributed by atoms with Crippen molar-refractivity contribution >= 4 is 44.8 Å². The highest BCUT2D eigenvalue weighted by atomic mass is 35.5.